The van der Waals surface area contributed by atoms with Crippen LogP contribution in [0.15, 0.2) is 54.6 Å². The van der Waals surface area contributed by atoms with E-state index in [1.807, 2.05) is 53.4 Å². The van der Waals surface area contributed by atoms with Gasteiger partial charge in [-0.25, -0.2) is 4.79 Å². The number of carbonyl (C=O) groups is 1. The Balaban J connectivity index is 1.61. The zero-order valence-electron chi connectivity index (χ0n) is 14.3. The lowest BCUT2D eigenvalue weighted by atomic mass is 9.87. The van der Waals surface area contributed by atoms with Crippen molar-refractivity contribution >= 4 is 11.7 Å². The molecule has 1 heterocycles. The first kappa shape index (κ1) is 16.4. The van der Waals surface area contributed by atoms with Crippen molar-refractivity contribution in [3.63, 3.8) is 0 Å². The molecule has 0 bridgehead atoms. The Morgan fingerprint density at radius 2 is 1.83 bits per heavy atom. The molecule has 1 N–H and O–H groups in total. The average Bonchev–Trinajstić information content (AvgIpc) is 2.59. The molecule has 126 valence electrons. The molecule has 2 amide bonds. The summed E-state index contributed by atoms with van der Waals surface area (Å²) in [7, 11) is 0. The minimum atomic E-state index is -0.196. The van der Waals surface area contributed by atoms with Gasteiger partial charge in [0, 0.05) is 11.2 Å². The second-order valence-electron chi connectivity index (χ2n) is 6.67. The van der Waals surface area contributed by atoms with Crippen LogP contribution < -0.4 is 15.0 Å². The molecule has 0 atom stereocenters. The molecule has 3 rings (SSSR count). The molecule has 0 unspecified atom stereocenters. The Bertz CT molecular complexity index is 698. The van der Waals surface area contributed by atoms with Gasteiger partial charge in [0.25, 0.3) is 0 Å². The summed E-state index contributed by atoms with van der Waals surface area (Å²) < 4.78 is 5.63. The van der Waals surface area contributed by atoms with E-state index in [9.17, 15) is 4.79 Å². The minimum Gasteiger partial charge on any atom is -0.492 e. The zero-order chi connectivity index (χ0) is 17.0. The van der Waals surface area contributed by atoms with Crippen LogP contribution in [-0.2, 0) is 6.42 Å². The number of ether oxygens (including phenoxy) is 1. The maximum Gasteiger partial charge on any atom is 0.322 e. The second kappa shape index (κ2) is 6.95. The first-order valence-corrected chi connectivity index (χ1v) is 8.42. The largest absolute Gasteiger partial charge is 0.492 e. The van der Waals surface area contributed by atoms with Gasteiger partial charge in [0.05, 0.1) is 6.54 Å². The van der Waals surface area contributed by atoms with E-state index >= 15 is 0 Å². The van der Waals surface area contributed by atoms with Gasteiger partial charge in [-0.15, -0.1) is 0 Å². The number of para-hydroxylation sites is 2. The number of aryl methyl sites for hydroxylation is 1. The molecule has 2 aromatic rings. The van der Waals surface area contributed by atoms with Gasteiger partial charge in [-0.1, -0.05) is 36.4 Å². The highest BCUT2D eigenvalue weighted by molar-refractivity contribution is 5.94. The van der Waals surface area contributed by atoms with Crippen molar-refractivity contribution in [1.82, 2.24) is 5.32 Å². The van der Waals surface area contributed by atoms with Crippen LogP contribution in [0.4, 0.5) is 10.5 Å². The van der Waals surface area contributed by atoms with Crippen LogP contribution in [-0.4, -0.2) is 24.7 Å². The summed E-state index contributed by atoms with van der Waals surface area (Å²) in [4.78, 5) is 14.6. The lowest BCUT2D eigenvalue weighted by molar-refractivity contribution is 0.233. The van der Waals surface area contributed by atoms with E-state index in [0.29, 0.717) is 13.2 Å². The van der Waals surface area contributed by atoms with Gasteiger partial charge in [-0.2, -0.15) is 0 Å². The summed E-state index contributed by atoms with van der Waals surface area (Å²) in [6, 6.07) is 17.7. The minimum absolute atomic E-state index is 0.0659. The number of anilines is 1. The number of nitrogens with zero attached hydrogens (tertiary/aromatic N) is 1. The number of rotatable bonds is 4. The van der Waals surface area contributed by atoms with E-state index in [0.717, 1.165) is 24.3 Å². The van der Waals surface area contributed by atoms with Gasteiger partial charge in [0.1, 0.15) is 12.4 Å². The van der Waals surface area contributed by atoms with Crippen LogP contribution in [0.1, 0.15) is 25.8 Å². The number of amides is 2. The van der Waals surface area contributed by atoms with Crippen LogP contribution in [0.2, 0.25) is 0 Å². The molecule has 0 saturated heterocycles. The molecular weight excluding hydrogens is 300 g/mol. The molecule has 4 nitrogen and oxygen atoms in total. The molecule has 0 radical (unpaired) electrons. The van der Waals surface area contributed by atoms with Crippen LogP contribution in [0.25, 0.3) is 0 Å². The fourth-order valence-corrected chi connectivity index (χ4v) is 3.13. The Morgan fingerprint density at radius 1 is 1.12 bits per heavy atom. The molecule has 0 spiro atoms. The summed E-state index contributed by atoms with van der Waals surface area (Å²) in [6.07, 6.45) is 1.96. The van der Waals surface area contributed by atoms with Crippen molar-refractivity contribution in [1.29, 1.82) is 0 Å². The molecule has 24 heavy (non-hydrogen) atoms. The van der Waals surface area contributed by atoms with Gasteiger partial charge in [-0.3, -0.25) is 4.90 Å². The molecule has 2 aromatic carbocycles. The zero-order valence-corrected chi connectivity index (χ0v) is 14.3. The molecular formula is C20H24N2O2. The van der Waals surface area contributed by atoms with Gasteiger partial charge in [-0.05, 0) is 50.5 Å². The number of urea groups is 1. The van der Waals surface area contributed by atoms with Crippen molar-refractivity contribution < 1.29 is 9.53 Å². The maximum atomic E-state index is 12.7. The summed E-state index contributed by atoms with van der Waals surface area (Å²) in [6.45, 7) is 5.15. The lowest BCUT2D eigenvalue weighted by Gasteiger charge is -2.43. The fourth-order valence-electron chi connectivity index (χ4n) is 3.13. The highest BCUT2D eigenvalue weighted by atomic mass is 16.5. The molecule has 1 aliphatic heterocycles. The van der Waals surface area contributed by atoms with Crippen LogP contribution in [0.5, 0.6) is 5.75 Å². The lowest BCUT2D eigenvalue weighted by Crippen LogP contribution is -2.55. The smallest absolute Gasteiger partial charge is 0.322 e. The number of carbonyl (C=O) groups excluding carboxylic acids is 1. The van der Waals surface area contributed by atoms with Gasteiger partial charge in [0.2, 0.25) is 0 Å². The summed E-state index contributed by atoms with van der Waals surface area (Å²) >= 11 is 0. The van der Waals surface area contributed by atoms with Crippen molar-refractivity contribution in [2.75, 3.05) is 18.1 Å². The van der Waals surface area contributed by atoms with Crippen LogP contribution in [0.3, 0.4) is 0 Å². The number of hydrogen-bond donors (Lipinski definition) is 1. The summed E-state index contributed by atoms with van der Waals surface area (Å²) in [5.74, 6) is 0.815. The molecule has 1 aliphatic rings. The first-order chi connectivity index (χ1) is 11.6. The average molecular weight is 324 g/mol. The second-order valence-corrected chi connectivity index (χ2v) is 6.67. The number of hydrogen-bond acceptors (Lipinski definition) is 2. The van der Waals surface area contributed by atoms with E-state index < -0.39 is 0 Å². The van der Waals surface area contributed by atoms with Crippen molar-refractivity contribution in [3.8, 4) is 5.75 Å². The number of fused-ring (bicyclic) bond motifs is 1. The molecule has 4 heteroatoms. The van der Waals surface area contributed by atoms with Gasteiger partial charge < -0.3 is 10.1 Å². The van der Waals surface area contributed by atoms with E-state index in [1.54, 1.807) is 0 Å². The quantitative estimate of drug-likeness (QED) is 0.864. The predicted molar refractivity (Wildman–Crippen MR) is 96.7 cm³/mol. The van der Waals surface area contributed by atoms with Crippen LogP contribution in [0, 0.1) is 0 Å². The highest BCUT2D eigenvalue weighted by Gasteiger charge is 2.36. The van der Waals surface area contributed by atoms with Crippen LogP contribution >= 0.6 is 0 Å². The van der Waals surface area contributed by atoms with Crippen molar-refractivity contribution in [3.05, 3.63) is 60.2 Å². The van der Waals surface area contributed by atoms with Crippen molar-refractivity contribution in [2.45, 2.75) is 32.2 Å². The van der Waals surface area contributed by atoms with Gasteiger partial charge in [0.15, 0.2) is 0 Å². The van der Waals surface area contributed by atoms with Gasteiger partial charge >= 0.3 is 6.03 Å². The standard InChI is InChI=1S/C20H24N2O2/c1-20(2)13-12-16-8-6-7-11-18(16)22(20)19(23)21-14-15-24-17-9-4-3-5-10-17/h3-11H,12-15H2,1-2H3,(H,21,23). The normalized spacial score (nSPS) is 15.5. The van der Waals surface area contributed by atoms with E-state index in [-0.39, 0.29) is 11.6 Å². The third kappa shape index (κ3) is 3.53. The third-order valence-electron chi connectivity index (χ3n) is 4.44. The maximum absolute atomic E-state index is 12.7. The van der Waals surface area contributed by atoms with Crippen molar-refractivity contribution in [2.24, 2.45) is 0 Å². The van der Waals surface area contributed by atoms with E-state index in [4.69, 9.17) is 4.74 Å². The molecule has 0 aromatic heterocycles. The number of benzene rings is 2. The fraction of sp³-hybridized carbons (Fsp3) is 0.350. The Morgan fingerprint density at radius 3 is 2.62 bits per heavy atom. The third-order valence-corrected chi connectivity index (χ3v) is 4.44. The van der Waals surface area contributed by atoms with E-state index in [1.165, 1.54) is 5.56 Å². The predicted octanol–water partition coefficient (Wildman–Crippen LogP) is 4.01. The Kier molecular flexibility index (Phi) is 4.74. The molecule has 0 saturated carbocycles. The Labute approximate surface area is 143 Å². The first-order valence-electron chi connectivity index (χ1n) is 8.42. The van der Waals surface area contributed by atoms with E-state index in [2.05, 4.69) is 25.2 Å². The Hall–Kier alpha value is -2.49. The molecule has 0 aliphatic carbocycles. The summed E-state index contributed by atoms with van der Waals surface area (Å²) in [5, 5.41) is 2.98. The monoisotopic (exact) mass is 324 g/mol. The number of nitrogens with one attached hydrogen (secondary N) is 1. The highest BCUT2D eigenvalue weighted by Crippen LogP contribution is 2.36. The summed E-state index contributed by atoms with van der Waals surface area (Å²) in [5.41, 5.74) is 2.04. The SMILES string of the molecule is CC1(C)CCc2ccccc2N1C(=O)NCCOc1ccccc1. The molecule has 0 fully saturated rings. The topological polar surface area (TPSA) is 41.6 Å².